The Morgan fingerprint density at radius 2 is 1.87 bits per heavy atom. The summed E-state index contributed by atoms with van der Waals surface area (Å²) in [5.74, 6) is 0. The van der Waals surface area contributed by atoms with Crippen LogP contribution in [0.25, 0.3) is 21.9 Å². The normalized spacial score (nSPS) is 12.7. The molecule has 0 spiro atoms. The van der Waals surface area contributed by atoms with Crippen LogP contribution in [0.5, 0.6) is 0 Å². The van der Waals surface area contributed by atoms with Gasteiger partial charge >= 0.3 is 5.69 Å². The molecule has 6 nitrogen and oxygen atoms in total. The van der Waals surface area contributed by atoms with Gasteiger partial charge in [0, 0.05) is 43.7 Å². The predicted molar refractivity (Wildman–Crippen MR) is 88.5 cm³/mol. The van der Waals surface area contributed by atoms with E-state index in [2.05, 4.69) is 0 Å². The average molecular weight is 315 g/mol. The van der Waals surface area contributed by atoms with Gasteiger partial charge in [-0.2, -0.15) is 0 Å². The minimum absolute atomic E-state index is 0.124. The van der Waals surface area contributed by atoms with Crippen molar-refractivity contribution in [2.45, 2.75) is 13.0 Å². The molecule has 1 aromatic heterocycles. The third-order valence-corrected chi connectivity index (χ3v) is 4.12. The largest absolute Gasteiger partial charge is 0.456 e. The van der Waals surface area contributed by atoms with Gasteiger partial charge in [-0.15, -0.1) is 0 Å². The molecule has 0 amide bonds. The van der Waals surface area contributed by atoms with Gasteiger partial charge in [0.05, 0.1) is 22.6 Å². The highest BCUT2D eigenvalue weighted by molar-refractivity contribution is 6.06. The van der Waals surface area contributed by atoms with Gasteiger partial charge in [-0.25, -0.2) is 5.21 Å². The Morgan fingerprint density at radius 3 is 2.48 bits per heavy atom. The third-order valence-electron chi connectivity index (χ3n) is 4.12. The summed E-state index contributed by atoms with van der Waals surface area (Å²) in [7, 11) is 5.48. The average Bonchev–Trinajstić information content (AvgIpc) is 2.89. The molecule has 0 fully saturated rings. The summed E-state index contributed by atoms with van der Waals surface area (Å²) in [6.07, 6.45) is -0.330. The summed E-state index contributed by atoms with van der Waals surface area (Å²) in [4.78, 5) is 13.3. The van der Waals surface area contributed by atoms with E-state index in [1.165, 1.54) is 0 Å². The molecule has 0 aliphatic heterocycles. The van der Waals surface area contributed by atoms with Crippen molar-refractivity contribution in [3.8, 4) is 0 Å². The fraction of sp³-hybridized carbons (Fsp3) is 0.294. The van der Waals surface area contributed by atoms with E-state index >= 15 is 0 Å². The lowest BCUT2D eigenvalue weighted by atomic mass is 10.0. The molecule has 0 radical (unpaired) electrons. The number of benzene rings is 2. The minimum Gasteiger partial charge on any atom is -0.456 e. The fourth-order valence-electron chi connectivity index (χ4n) is 2.71. The molecule has 0 saturated carbocycles. The van der Waals surface area contributed by atoms with Crippen LogP contribution < -0.4 is 4.90 Å². The van der Waals surface area contributed by atoms with E-state index in [-0.39, 0.29) is 16.7 Å². The van der Waals surface area contributed by atoms with Gasteiger partial charge in [-0.05, 0) is 25.1 Å². The topological polar surface area (TPSA) is 65.9 Å². The monoisotopic (exact) mass is 315 g/mol. The van der Waals surface area contributed by atoms with Crippen molar-refractivity contribution in [3.05, 3.63) is 40.8 Å². The van der Waals surface area contributed by atoms with Gasteiger partial charge in [-0.1, -0.05) is 0 Å². The van der Waals surface area contributed by atoms with Crippen molar-refractivity contribution in [2.24, 2.45) is 0 Å². The second-order valence-electron chi connectivity index (χ2n) is 5.74. The Balaban J connectivity index is 2.31. The smallest absolute Gasteiger partial charge is 0.326 e. The Labute approximate surface area is 133 Å². The molecule has 1 N–H and O–H groups in total. The third kappa shape index (κ3) is 2.51. The molecule has 0 aliphatic carbocycles. The summed E-state index contributed by atoms with van der Waals surface area (Å²) < 4.78 is 11.2. The van der Waals surface area contributed by atoms with Crippen LogP contribution in [0.2, 0.25) is 0 Å². The van der Waals surface area contributed by atoms with Crippen LogP contribution in [0.1, 0.15) is 18.6 Å². The van der Waals surface area contributed by atoms with Crippen molar-refractivity contribution in [3.63, 3.8) is 0 Å². The summed E-state index contributed by atoms with van der Waals surface area (Å²) in [6, 6.07) is 9.33. The number of nitrogens with zero attached hydrogens (tertiary/aromatic N) is 2. The maximum absolute atomic E-state index is 11.5. The fourth-order valence-corrected chi connectivity index (χ4v) is 2.71. The number of anilines is 1. The molecular formula is C17H19N2O4+. The Morgan fingerprint density at radius 1 is 1.17 bits per heavy atom. The zero-order chi connectivity index (χ0) is 16.7. The van der Waals surface area contributed by atoms with Gasteiger partial charge < -0.3 is 14.1 Å². The predicted octanol–water partition coefficient (Wildman–Crippen LogP) is 4.16. The second-order valence-corrected chi connectivity index (χ2v) is 5.74. The van der Waals surface area contributed by atoms with Crippen LogP contribution in [0.4, 0.5) is 11.4 Å². The Bertz CT molecular complexity index is 898. The first kappa shape index (κ1) is 15.3. The van der Waals surface area contributed by atoms with E-state index in [1.807, 2.05) is 50.2 Å². The van der Waals surface area contributed by atoms with E-state index in [0.29, 0.717) is 11.1 Å². The first-order chi connectivity index (χ1) is 10.9. The van der Waals surface area contributed by atoms with Crippen LogP contribution in [0.15, 0.2) is 34.7 Å². The number of hydrogen-bond donors (Lipinski definition) is 1. The Hall–Kier alpha value is -2.60. The molecule has 1 unspecified atom stereocenters. The molecule has 3 aromatic rings. The second kappa shape index (κ2) is 5.55. The maximum atomic E-state index is 11.5. The van der Waals surface area contributed by atoms with E-state index < -0.39 is 0 Å². The first-order valence-corrected chi connectivity index (χ1v) is 7.29. The molecule has 1 atom stereocenters. The Kier molecular flexibility index (Phi) is 3.69. The van der Waals surface area contributed by atoms with E-state index in [9.17, 15) is 10.1 Å². The van der Waals surface area contributed by atoms with Crippen LogP contribution >= 0.6 is 0 Å². The summed E-state index contributed by atoms with van der Waals surface area (Å²) >= 11 is 0. The number of methoxy groups -OCH3 is 1. The number of fused-ring (bicyclic) bond motifs is 3. The summed E-state index contributed by atoms with van der Waals surface area (Å²) in [5, 5.41) is 11.2. The van der Waals surface area contributed by atoms with Gasteiger partial charge in [-0.3, -0.25) is 0 Å². The van der Waals surface area contributed by atoms with Gasteiger partial charge in [0.25, 0.3) is 4.92 Å². The molecule has 23 heavy (non-hydrogen) atoms. The van der Waals surface area contributed by atoms with Crippen molar-refractivity contribution in [1.29, 1.82) is 0 Å². The molecule has 6 heteroatoms. The lowest BCUT2D eigenvalue weighted by Gasteiger charge is -2.11. The highest BCUT2D eigenvalue weighted by Gasteiger charge is 2.26. The lowest BCUT2D eigenvalue weighted by Crippen LogP contribution is -2.07. The van der Waals surface area contributed by atoms with Crippen LogP contribution in [-0.2, 0) is 4.74 Å². The molecule has 0 aliphatic rings. The standard InChI is InChI=1S/C17H19N2O4/c1-10(22-4)13-8-14-12-6-5-11(18(2)3)7-16(12)23-17(14)9-15(13)19(20)21/h5-10H,1-4H3,(H,20,21)/q+1. The highest BCUT2D eigenvalue weighted by atomic mass is 16.6. The number of rotatable bonds is 4. The van der Waals surface area contributed by atoms with E-state index in [1.54, 1.807) is 13.2 Å². The zero-order valence-corrected chi connectivity index (χ0v) is 13.5. The molecule has 3 rings (SSSR count). The number of furan rings is 1. The van der Waals surface area contributed by atoms with Crippen molar-refractivity contribution in [2.75, 3.05) is 26.1 Å². The molecule has 0 saturated heterocycles. The number of hydrogen-bond acceptors (Lipinski definition) is 4. The van der Waals surface area contributed by atoms with Crippen molar-refractivity contribution in [1.82, 2.24) is 0 Å². The SMILES string of the molecule is COC(C)c1cc2c(cc1[N+](=O)O)oc1cc(N(C)C)ccc12. The molecule has 2 aromatic carbocycles. The molecule has 0 bridgehead atoms. The van der Waals surface area contributed by atoms with E-state index in [4.69, 9.17) is 9.15 Å². The number of ether oxygens (including phenoxy) is 1. The van der Waals surface area contributed by atoms with E-state index in [0.717, 1.165) is 22.0 Å². The van der Waals surface area contributed by atoms with Crippen molar-refractivity contribution >= 4 is 33.3 Å². The van der Waals surface area contributed by atoms with Gasteiger partial charge in [0.2, 0.25) is 0 Å². The van der Waals surface area contributed by atoms with Crippen LogP contribution in [0.3, 0.4) is 0 Å². The highest BCUT2D eigenvalue weighted by Crippen LogP contribution is 2.37. The summed E-state index contributed by atoms with van der Waals surface area (Å²) in [6.45, 7) is 1.82. The minimum atomic E-state index is -0.330. The van der Waals surface area contributed by atoms with Crippen molar-refractivity contribution < 1.29 is 19.3 Å². The summed E-state index contributed by atoms with van der Waals surface area (Å²) in [5.41, 5.74) is 3.04. The van der Waals surface area contributed by atoms with Crippen LogP contribution in [0, 0.1) is 4.91 Å². The molecule has 1 heterocycles. The molecule has 120 valence electrons. The van der Waals surface area contributed by atoms with Gasteiger partial charge in [0.15, 0.2) is 0 Å². The van der Waals surface area contributed by atoms with Crippen LogP contribution in [-0.4, -0.2) is 31.3 Å². The lowest BCUT2D eigenvalue weighted by molar-refractivity contribution is -0.730. The first-order valence-electron chi connectivity index (χ1n) is 7.29. The molecular weight excluding hydrogens is 296 g/mol. The zero-order valence-electron chi connectivity index (χ0n) is 13.5. The quantitative estimate of drug-likeness (QED) is 0.732. The maximum Gasteiger partial charge on any atom is 0.326 e. The van der Waals surface area contributed by atoms with Gasteiger partial charge in [0.1, 0.15) is 11.2 Å².